The standard InChI is InChI=1S/C22H29N7O.HI/c1-23-22(24-12-9-20-26-21(28-27-20)19-8-5-15-30-19)25-18-10-13-29(14-11-18)16-17-6-3-2-4-7-17;/h2-8,15,18H,9-14,16H2,1H3,(H2,23,24,25)(H,26,27,28);1H. The van der Waals surface area contributed by atoms with Crippen molar-refractivity contribution in [2.24, 2.45) is 4.99 Å². The Morgan fingerprint density at radius 3 is 2.71 bits per heavy atom. The number of halogens is 1. The normalized spacial score (nSPS) is 15.5. The monoisotopic (exact) mass is 535 g/mol. The number of nitrogens with zero attached hydrogens (tertiary/aromatic N) is 4. The molecule has 3 heterocycles. The summed E-state index contributed by atoms with van der Waals surface area (Å²) in [6, 6.07) is 14.8. The van der Waals surface area contributed by atoms with Gasteiger partial charge in [0, 0.05) is 45.7 Å². The van der Waals surface area contributed by atoms with Crippen LogP contribution in [0.5, 0.6) is 0 Å². The van der Waals surface area contributed by atoms with Crippen LogP contribution in [0, 0.1) is 0 Å². The minimum Gasteiger partial charge on any atom is -0.461 e. The summed E-state index contributed by atoms with van der Waals surface area (Å²) in [6.45, 7) is 3.94. The van der Waals surface area contributed by atoms with Crippen molar-refractivity contribution in [3.8, 4) is 11.6 Å². The van der Waals surface area contributed by atoms with E-state index in [1.54, 1.807) is 6.26 Å². The van der Waals surface area contributed by atoms with E-state index in [1.807, 2.05) is 19.2 Å². The summed E-state index contributed by atoms with van der Waals surface area (Å²) in [5, 5.41) is 14.1. The third-order valence-electron chi connectivity index (χ3n) is 5.33. The first-order chi connectivity index (χ1) is 14.8. The van der Waals surface area contributed by atoms with Gasteiger partial charge in [0.2, 0.25) is 5.82 Å². The lowest BCUT2D eigenvalue weighted by atomic mass is 10.0. The molecule has 1 saturated heterocycles. The molecule has 31 heavy (non-hydrogen) atoms. The molecule has 2 aromatic heterocycles. The minimum absolute atomic E-state index is 0. The molecule has 0 bridgehead atoms. The number of hydrogen-bond donors (Lipinski definition) is 3. The largest absolute Gasteiger partial charge is 0.461 e. The Morgan fingerprint density at radius 2 is 2.00 bits per heavy atom. The van der Waals surface area contributed by atoms with Crippen molar-refractivity contribution in [1.82, 2.24) is 30.7 Å². The van der Waals surface area contributed by atoms with Gasteiger partial charge in [-0.3, -0.25) is 15.0 Å². The van der Waals surface area contributed by atoms with E-state index in [2.05, 4.69) is 66.0 Å². The first-order valence-electron chi connectivity index (χ1n) is 10.5. The molecule has 0 unspecified atom stereocenters. The van der Waals surface area contributed by atoms with Crippen LogP contribution in [-0.4, -0.2) is 58.8 Å². The summed E-state index contributed by atoms with van der Waals surface area (Å²) in [4.78, 5) is 11.4. The first-order valence-corrected chi connectivity index (χ1v) is 10.5. The molecule has 1 aliphatic rings. The van der Waals surface area contributed by atoms with Gasteiger partial charge < -0.3 is 15.1 Å². The maximum Gasteiger partial charge on any atom is 0.216 e. The summed E-state index contributed by atoms with van der Waals surface area (Å²) in [5.74, 6) is 2.90. The van der Waals surface area contributed by atoms with Crippen molar-refractivity contribution in [3.63, 3.8) is 0 Å². The van der Waals surface area contributed by atoms with Crippen LogP contribution >= 0.6 is 24.0 Å². The number of furan rings is 1. The number of benzene rings is 1. The third kappa shape index (κ3) is 6.79. The molecule has 0 atom stereocenters. The lowest BCUT2D eigenvalue weighted by Crippen LogP contribution is -2.48. The highest BCUT2D eigenvalue weighted by Gasteiger charge is 2.20. The summed E-state index contributed by atoms with van der Waals surface area (Å²) >= 11 is 0. The molecule has 1 aliphatic heterocycles. The minimum atomic E-state index is 0. The summed E-state index contributed by atoms with van der Waals surface area (Å²) in [5.41, 5.74) is 1.38. The van der Waals surface area contributed by atoms with E-state index in [1.165, 1.54) is 5.56 Å². The third-order valence-corrected chi connectivity index (χ3v) is 5.33. The average molecular weight is 535 g/mol. The van der Waals surface area contributed by atoms with Crippen molar-refractivity contribution in [3.05, 3.63) is 60.1 Å². The topological polar surface area (TPSA) is 94.4 Å². The van der Waals surface area contributed by atoms with Crippen molar-refractivity contribution >= 4 is 29.9 Å². The zero-order chi connectivity index (χ0) is 20.6. The van der Waals surface area contributed by atoms with Crippen LogP contribution in [0.25, 0.3) is 11.6 Å². The van der Waals surface area contributed by atoms with E-state index in [-0.39, 0.29) is 24.0 Å². The molecule has 4 rings (SSSR count). The molecular weight excluding hydrogens is 505 g/mol. The van der Waals surface area contributed by atoms with Gasteiger partial charge in [0.25, 0.3) is 0 Å². The fourth-order valence-corrected chi connectivity index (χ4v) is 3.69. The number of aromatic nitrogens is 3. The van der Waals surface area contributed by atoms with Crippen LogP contribution in [0.4, 0.5) is 0 Å². The zero-order valence-electron chi connectivity index (χ0n) is 17.8. The van der Waals surface area contributed by atoms with Gasteiger partial charge in [0.15, 0.2) is 11.7 Å². The van der Waals surface area contributed by atoms with Gasteiger partial charge in [-0.1, -0.05) is 30.3 Å². The molecule has 8 nitrogen and oxygen atoms in total. The van der Waals surface area contributed by atoms with E-state index in [4.69, 9.17) is 4.42 Å². The molecule has 1 aromatic carbocycles. The number of aromatic amines is 1. The highest BCUT2D eigenvalue weighted by atomic mass is 127. The Kier molecular flexibility index (Phi) is 8.89. The molecule has 0 aliphatic carbocycles. The predicted octanol–water partition coefficient (Wildman–Crippen LogP) is 3.05. The number of piperidine rings is 1. The summed E-state index contributed by atoms with van der Waals surface area (Å²) in [7, 11) is 1.81. The number of nitrogens with one attached hydrogen (secondary N) is 3. The maximum absolute atomic E-state index is 5.33. The van der Waals surface area contributed by atoms with Crippen LogP contribution in [0.2, 0.25) is 0 Å². The number of likely N-dealkylation sites (tertiary alicyclic amines) is 1. The van der Waals surface area contributed by atoms with Gasteiger partial charge >= 0.3 is 0 Å². The van der Waals surface area contributed by atoms with Gasteiger partial charge in [-0.15, -0.1) is 24.0 Å². The molecule has 3 N–H and O–H groups in total. The van der Waals surface area contributed by atoms with E-state index >= 15 is 0 Å². The van der Waals surface area contributed by atoms with Gasteiger partial charge in [-0.2, -0.15) is 5.10 Å². The maximum atomic E-state index is 5.33. The molecule has 166 valence electrons. The summed E-state index contributed by atoms with van der Waals surface area (Å²) in [6.07, 6.45) is 4.57. The zero-order valence-corrected chi connectivity index (χ0v) is 20.1. The van der Waals surface area contributed by atoms with E-state index in [9.17, 15) is 0 Å². The van der Waals surface area contributed by atoms with Crippen molar-refractivity contribution < 1.29 is 4.42 Å². The Labute approximate surface area is 199 Å². The fourth-order valence-electron chi connectivity index (χ4n) is 3.69. The number of rotatable bonds is 7. The second kappa shape index (κ2) is 11.8. The van der Waals surface area contributed by atoms with Crippen LogP contribution in [0.15, 0.2) is 58.1 Å². The molecule has 9 heteroatoms. The lowest BCUT2D eigenvalue weighted by Gasteiger charge is -2.33. The number of aliphatic imine (C=N–C) groups is 1. The predicted molar refractivity (Wildman–Crippen MR) is 132 cm³/mol. The highest BCUT2D eigenvalue weighted by molar-refractivity contribution is 14.0. The van der Waals surface area contributed by atoms with E-state index < -0.39 is 0 Å². The van der Waals surface area contributed by atoms with Gasteiger partial charge in [-0.25, -0.2) is 4.98 Å². The Balaban J connectivity index is 0.00000272. The number of H-pyrrole nitrogens is 1. The molecule has 0 radical (unpaired) electrons. The van der Waals surface area contributed by atoms with Crippen molar-refractivity contribution in [2.75, 3.05) is 26.7 Å². The fraction of sp³-hybridized carbons (Fsp3) is 0.409. The quantitative estimate of drug-likeness (QED) is 0.245. The highest BCUT2D eigenvalue weighted by Crippen LogP contribution is 2.15. The van der Waals surface area contributed by atoms with Gasteiger partial charge in [0.05, 0.1) is 6.26 Å². The molecule has 0 saturated carbocycles. The molecule has 0 amide bonds. The second-order valence-electron chi connectivity index (χ2n) is 7.51. The molecule has 3 aromatic rings. The van der Waals surface area contributed by atoms with E-state index in [0.717, 1.165) is 57.2 Å². The van der Waals surface area contributed by atoms with Crippen molar-refractivity contribution in [1.29, 1.82) is 0 Å². The Hall–Kier alpha value is -2.40. The summed E-state index contributed by atoms with van der Waals surface area (Å²) < 4.78 is 5.33. The molecular formula is C22H30IN7O. The molecule has 0 spiro atoms. The van der Waals surface area contributed by atoms with E-state index in [0.29, 0.717) is 17.6 Å². The van der Waals surface area contributed by atoms with Crippen LogP contribution in [-0.2, 0) is 13.0 Å². The lowest BCUT2D eigenvalue weighted by molar-refractivity contribution is 0.198. The second-order valence-corrected chi connectivity index (χ2v) is 7.51. The average Bonchev–Trinajstić information content (AvgIpc) is 3.47. The van der Waals surface area contributed by atoms with Crippen LogP contribution < -0.4 is 10.6 Å². The van der Waals surface area contributed by atoms with Crippen molar-refractivity contribution in [2.45, 2.75) is 31.8 Å². The van der Waals surface area contributed by atoms with Gasteiger partial charge in [0.1, 0.15) is 5.82 Å². The smallest absolute Gasteiger partial charge is 0.216 e. The number of guanidine groups is 1. The van der Waals surface area contributed by atoms with Gasteiger partial charge in [-0.05, 0) is 30.5 Å². The SMILES string of the molecule is CN=C(NCCc1nc(-c2ccco2)n[nH]1)NC1CCN(Cc2ccccc2)CC1.I. The first kappa shape index (κ1) is 23.3. The number of hydrogen-bond acceptors (Lipinski definition) is 5. The Morgan fingerprint density at radius 1 is 1.19 bits per heavy atom. The van der Waals surface area contributed by atoms with Crippen LogP contribution in [0.1, 0.15) is 24.2 Å². The molecule has 1 fully saturated rings. The Bertz CT molecular complexity index is 919. The van der Waals surface area contributed by atoms with Crippen LogP contribution in [0.3, 0.4) is 0 Å².